The summed E-state index contributed by atoms with van der Waals surface area (Å²) in [5.41, 5.74) is 0. The van der Waals surface area contributed by atoms with E-state index in [-0.39, 0.29) is 30.5 Å². The second-order valence-electron chi connectivity index (χ2n) is 3.89. The first kappa shape index (κ1) is 15.3. The minimum atomic E-state index is -0.257. The molecule has 0 aromatic heterocycles. The minimum Gasteiger partial charge on any atom is -0.488 e. The first-order chi connectivity index (χ1) is 8.20. The van der Waals surface area contributed by atoms with E-state index in [0.717, 1.165) is 10.2 Å². The molecular weight excluding hydrogens is 321 g/mol. The number of carbonyl (C=O) groups excluding carboxylic acids is 1. The third-order valence-corrected chi connectivity index (χ3v) is 3.36. The lowest BCUT2D eigenvalue weighted by molar-refractivity contribution is -0.142. The summed E-state index contributed by atoms with van der Waals surface area (Å²) in [6, 6.07) is 7.42. The minimum absolute atomic E-state index is 0. The maximum absolute atomic E-state index is 11.3. The van der Waals surface area contributed by atoms with Crippen LogP contribution in [0.15, 0.2) is 28.7 Å². The van der Waals surface area contributed by atoms with Gasteiger partial charge in [-0.25, -0.2) is 0 Å². The van der Waals surface area contributed by atoms with Gasteiger partial charge in [0.25, 0.3) is 0 Å². The normalized spacial score (nSPS) is 22.1. The summed E-state index contributed by atoms with van der Waals surface area (Å²) in [7, 11) is 1.39. The standard InChI is InChI=1S/C12H14BrNO3.ClH/c1-16-12(15)10-6-8(7-14-10)17-11-5-3-2-4-9(11)13;/h2-5,8,10,14H,6-7H2,1H3;1H/t8-,10-;/m0./s1. The highest BCUT2D eigenvalue weighted by Gasteiger charge is 2.31. The molecule has 0 aliphatic carbocycles. The number of carbonyl (C=O) groups is 1. The highest BCUT2D eigenvalue weighted by molar-refractivity contribution is 9.10. The molecule has 0 unspecified atom stereocenters. The lowest BCUT2D eigenvalue weighted by atomic mass is 10.2. The molecule has 0 spiro atoms. The summed E-state index contributed by atoms with van der Waals surface area (Å²) in [5, 5.41) is 3.08. The lowest BCUT2D eigenvalue weighted by Gasteiger charge is -2.13. The zero-order valence-electron chi connectivity index (χ0n) is 9.89. The third kappa shape index (κ3) is 3.60. The first-order valence-corrected chi connectivity index (χ1v) is 6.22. The van der Waals surface area contributed by atoms with Gasteiger partial charge in [-0.3, -0.25) is 4.79 Å². The fraction of sp³-hybridized carbons (Fsp3) is 0.417. The molecule has 100 valence electrons. The van der Waals surface area contributed by atoms with Gasteiger partial charge in [-0.05, 0) is 28.1 Å². The Kier molecular flexibility index (Phi) is 5.91. The van der Waals surface area contributed by atoms with E-state index in [0.29, 0.717) is 13.0 Å². The van der Waals surface area contributed by atoms with Crippen molar-refractivity contribution in [3.05, 3.63) is 28.7 Å². The van der Waals surface area contributed by atoms with Gasteiger partial charge in [0.15, 0.2) is 0 Å². The molecule has 1 heterocycles. The number of ether oxygens (including phenoxy) is 2. The largest absolute Gasteiger partial charge is 0.488 e. The summed E-state index contributed by atoms with van der Waals surface area (Å²) in [6.45, 7) is 0.654. The van der Waals surface area contributed by atoms with Crippen LogP contribution < -0.4 is 10.1 Å². The molecule has 1 aromatic carbocycles. The van der Waals surface area contributed by atoms with E-state index >= 15 is 0 Å². The van der Waals surface area contributed by atoms with Crippen molar-refractivity contribution < 1.29 is 14.3 Å². The Labute approximate surface area is 121 Å². The molecule has 2 atom stereocenters. The quantitative estimate of drug-likeness (QED) is 0.859. The van der Waals surface area contributed by atoms with Crippen LogP contribution in [0.2, 0.25) is 0 Å². The second-order valence-corrected chi connectivity index (χ2v) is 4.74. The van der Waals surface area contributed by atoms with Gasteiger partial charge in [0.1, 0.15) is 17.9 Å². The van der Waals surface area contributed by atoms with Gasteiger partial charge in [-0.1, -0.05) is 12.1 Å². The Morgan fingerprint density at radius 2 is 2.17 bits per heavy atom. The summed E-state index contributed by atoms with van der Waals surface area (Å²) in [5.74, 6) is 0.563. The number of rotatable bonds is 3. The fourth-order valence-corrected chi connectivity index (χ4v) is 2.21. The van der Waals surface area contributed by atoms with Gasteiger partial charge < -0.3 is 14.8 Å². The molecule has 0 saturated carbocycles. The smallest absolute Gasteiger partial charge is 0.323 e. The first-order valence-electron chi connectivity index (χ1n) is 5.43. The van der Waals surface area contributed by atoms with Crippen LogP contribution in [0.25, 0.3) is 0 Å². The summed E-state index contributed by atoms with van der Waals surface area (Å²) < 4.78 is 11.4. The Morgan fingerprint density at radius 3 is 2.83 bits per heavy atom. The Balaban J connectivity index is 0.00000162. The van der Waals surface area contributed by atoms with Gasteiger partial charge in [0.05, 0.1) is 11.6 Å². The number of hydrogen-bond acceptors (Lipinski definition) is 4. The van der Waals surface area contributed by atoms with Crippen molar-refractivity contribution in [2.75, 3.05) is 13.7 Å². The number of halogens is 2. The molecule has 0 bridgehead atoms. The van der Waals surface area contributed by atoms with E-state index in [9.17, 15) is 4.79 Å². The maximum Gasteiger partial charge on any atom is 0.323 e. The van der Waals surface area contributed by atoms with E-state index in [1.807, 2.05) is 24.3 Å². The molecular formula is C12H15BrClNO3. The van der Waals surface area contributed by atoms with Crippen LogP contribution in [-0.4, -0.2) is 31.8 Å². The Morgan fingerprint density at radius 1 is 1.44 bits per heavy atom. The predicted molar refractivity (Wildman–Crippen MR) is 74.2 cm³/mol. The average Bonchev–Trinajstić information content (AvgIpc) is 2.80. The van der Waals surface area contributed by atoms with Crippen LogP contribution in [0.3, 0.4) is 0 Å². The Hall–Kier alpha value is -0.780. The molecule has 1 aliphatic heterocycles. The number of para-hydroxylation sites is 1. The molecule has 1 N–H and O–H groups in total. The maximum atomic E-state index is 11.3. The summed E-state index contributed by atoms with van der Waals surface area (Å²) >= 11 is 3.42. The van der Waals surface area contributed by atoms with Crippen molar-refractivity contribution in [1.82, 2.24) is 5.32 Å². The number of methoxy groups -OCH3 is 1. The second kappa shape index (κ2) is 6.97. The molecule has 18 heavy (non-hydrogen) atoms. The van der Waals surface area contributed by atoms with Crippen molar-refractivity contribution in [2.45, 2.75) is 18.6 Å². The van der Waals surface area contributed by atoms with E-state index in [1.165, 1.54) is 7.11 Å². The van der Waals surface area contributed by atoms with Crippen LogP contribution in [0.5, 0.6) is 5.75 Å². The van der Waals surface area contributed by atoms with Crippen LogP contribution in [0.1, 0.15) is 6.42 Å². The summed E-state index contributed by atoms with van der Waals surface area (Å²) in [6.07, 6.45) is 0.631. The van der Waals surface area contributed by atoms with Gasteiger partial charge in [0.2, 0.25) is 0 Å². The van der Waals surface area contributed by atoms with Crippen molar-refractivity contribution >= 4 is 34.3 Å². The van der Waals surface area contributed by atoms with Crippen LogP contribution in [0, 0.1) is 0 Å². The fourth-order valence-electron chi connectivity index (χ4n) is 1.83. The SMILES string of the molecule is COC(=O)[C@@H]1C[C@H](Oc2ccccc2Br)CN1.Cl. The molecule has 0 amide bonds. The third-order valence-electron chi connectivity index (χ3n) is 2.71. The lowest BCUT2D eigenvalue weighted by Crippen LogP contribution is -2.31. The molecule has 6 heteroatoms. The molecule has 0 radical (unpaired) electrons. The average molecular weight is 337 g/mol. The molecule has 1 aromatic rings. The predicted octanol–water partition coefficient (Wildman–Crippen LogP) is 2.15. The molecule has 1 saturated heterocycles. The highest BCUT2D eigenvalue weighted by Crippen LogP contribution is 2.26. The molecule has 1 fully saturated rings. The molecule has 1 aliphatic rings. The van der Waals surface area contributed by atoms with Crippen LogP contribution in [-0.2, 0) is 9.53 Å². The van der Waals surface area contributed by atoms with Crippen molar-refractivity contribution in [1.29, 1.82) is 0 Å². The van der Waals surface area contributed by atoms with E-state index in [1.54, 1.807) is 0 Å². The van der Waals surface area contributed by atoms with E-state index in [4.69, 9.17) is 9.47 Å². The monoisotopic (exact) mass is 335 g/mol. The zero-order valence-corrected chi connectivity index (χ0v) is 12.3. The number of esters is 1. The number of nitrogens with one attached hydrogen (secondary N) is 1. The van der Waals surface area contributed by atoms with Crippen molar-refractivity contribution in [3.63, 3.8) is 0 Å². The zero-order chi connectivity index (χ0) is 12.3. The number of hydrogen-bond donors (Lipinski definition) is 1. The van der Waals surface area contributed by atoms with Crippen molar-refractivity contribution in [3.8, 4) is 5.75 Å². The van der Waals surface area contributed by atoms with Gasteiger partial charge in [-0.15, -0.1) is 12.4 Å². The van der Waals surface area contributed by atoms with Gasteiger partial charge >= 0.3 is 5.97 Å². The topological polar surface area (TPSA) is 47.6 Å². The molecule has 2 rings (SSSR count). The van der Waals surface area contributed by atoms with E-state index in [2.05, 4.69) is 21.2 Å². The molecule has 4 nitrogen and oxygen atoms in total. The number of benzene rings is 1. The highest BCUT2D eigenvalue weighted by atomic mass is 79.9. The van der Waals surface area contributed by atoms with Crippen LogP contribution >= 0.6 is 28.3 Å². The van der Waals surface area contributed by atoms with Gasteiger partial charge in [-0.2, -0.15) is 0 Å². The van der Waals surface area contributed by atoms with Gasteiger partial charge in [0, 0.05) is 13.0 Å². The van der Waals surface area contributed by atoms with Crippen LogP contribution in [0.4, 0.5) is 0 Å². The summed E-state index contributed by atoms with van der Waals surface area (Å²) in [4.78, 5) is 11.3. The van der Waals surface area contributed by atoms with E-state index < -0.39 is 0 Å². The Bertz CT molecular complexity index is 416. The van der Waals surface area contributed by atoms with Crippen molar-refractivity contribution in [2.24, 2.45) is 0 Å².